The third-order valence-electron chi connectivity index (χ3n) is 18.6. The van der Waals surface area contributed by atoms with Crippen LogP contribution < -0.4 is 0 Å². The van der Waals surface area contributed by atoms with Crippen LogP contribution in [0.3, 0.4) is 0 Å². The van der Waals surface area contributed by atoms with Crippen molar-refractivity contribution < 1.29 is 75.8 Å². The van der Waals surface area contributed by atoms with Crippen molar-refractivity contribution in [2.24, 2.45) is 0 Å². The van der Waals surface area contributed by atoms with Crippen molar-refractivity contribution in [3.05, 3.63) is 122 Å². The molecule has 0 aliphatic heterocycles. The molecule has 630 valence electrons. The van der Waals surface area contributed by atoms with E-state index in [0.717, 1.165) is 135 Å². The first kappa shape index (κ1) is 105. The maximum absolute atomic E-state index is 13.0. The van der Waals surface area contributed by atoms with Crippen LogP contribution in [-0.2, 0) is 55.8 Å². The fourth-order valence-corrected chi connectivity index (χ4v) is 13.6. The fraction of sp³-hybridized carbons (Fsp3) is 0.747. The summed E-state index contributed by atoms with van der Waals surface area (Å²) in [5.41, 5.74) is 0. The molecule has 16 nitrogen and oxygen atoms in total. The van der Waals surface area contributed by atoms with Crippen LogP contribution in [0.15, 0.2) is 122 Å². The summed E-state index contributed by atoms with van der Waals surface area (Å²) in [6.45, 7) is 2.56. The predicted molar refractivity (Wildman–Crippen MR) is 454 cm³/mol. The Morgan fingerprint density at radius 3 is 0.798 bits per heavy atom. The van der Waals surface area contributed by atoms with Crippen molar-refractivity contribution >= 4 is 33.6 Å². The molecule has 0 heterocycles. The SMILES string of the molecule is CC/C=C\C/C=C\C/C=C\C/C=C\C/C=C\CCCCCCCCCCCCCCCCCC(=O)OCC(O)COP(=O)(O)OCC(O)COP(=O)(O)OCC(COC(=O)CCCCCCCCCCCCCCC/C=C\C/C=C\C/C=C\C/C=C\CCCCC)OC(=O)CCCCCCC/C=C\CCCCCC. The minimum atomic E-state index is -4.93. The molecule has 0 aromatic heterocycles. The molecule has 0 saturated carbocycles. The Hall–Kier alpha value is -4.05. The molecule has 5 unspecified atom stereocenters. The molecule has 4 N–H and O–H groups in total. The molecule has 109 heavy (non-hydrogen) atoms. The summed E-state index contributed by atoms with van der Waals surface area (Å²) in [5, 5.41) is 20.7. The normalized spacial score (nSPS) is 14.4. The molecule has 0 aromatic carbocycles. The van der Waals surface area contributed by atoms with Gasteiger partial charge in [-0.2, -0.15) is 0 Å². The molecule has 18 heteroatoms. The van der Waals surface area contributed by atoms with Crippen LogP contribution in [0.25, 0.3) is 0 Å². The molecular weight excluding hydrogens is 1410 g/mol. The van der Waals surface area contributed by atoms with E-state index in [-0.39, 0.29) is 19.3 Å². The molecule has 0 aromatic rings. The van der Waals surface area contributed by atoms with Crippen molar-refractivity contribution in [3.8, 4) is 0 Å². The van der Waals surface area contributed by atoms with E-state index in [1.54, 1.807) is 0 Å². The number of aliphatic hydroxyl groups excluding tert-OH is 2. The van der Waals surface area contributed by atoms with Crippen molar-refractivity contribution in [2.45, 2.75) is 399 Å². The number of hydrogen-bond donors (Lipinski definition) is 4. The van der Waals surface area contributed by atoms with Gasteiger partial charge < -0.3 is 34.2 Å². The Morgan fingerprint density at radius 1 is 0.266 bits per heavy atom. The van der Waals surface area contributed by atoms with E-state index in [2.05, 4.69) is 142 Å². The van der Waals surface area contributed by atoms with Gasteiger partial charge >= 0.3 is 33.6 Å². The summed E-state index contributed by atoms with van der Waals surface area (Å²) < 4.78 is 61.3. The third-order valence-corrected chi connectivity index (χ3v) is 20.5. The van der Waals surface area contributed by atoms with Crippen molar-refractivity contribution in [1.29, 1.82) is 0 Å². The molecule has 0 bridgehead atoms. The summed E-state index contributed by atoms with van der Waals surface area (Å²) in [6.07, 6.45) is 101. The monoisotopic (exact) mass is 1570 g/mol. The lowest BCUT2D eigenvalue weighted by Crippen LogP contribution is -2.30. The quantitative estimate of drug-likeness (QED) is 0.0146. The van der Waals surface area contributed by atoms with Crippen LogP contribution in [-0.4, -0.2) is 95.9 Å². The number of unbranched alkanes of at least 4 members (excludes halogenated alkanes) is 40. The Kier molecular flexibility index (Phi) is 80.3. The van der Waals surface area contributed by atoms with Gasteiger partial charge in [-0.25, -0.2) is 9.13 Å². The second-order valence-electron chi connectivity index (χ2n) is 29.3. The zero-order valence-corrected chi connectivity index (χ0v) is 71.0. The molecule has 0 spiro atoms. The Bertz CT molecular complexity index is 2460. The van der Waals surface area contributed by atoms with E-state index in [1.165, 1.54) is 186 Å². The Morgan fingerprint density at radius 2 is 0.486 bits per heavy atom. The number of hydrogen-bond acceptors (Lipinski definition) is 14. The van der Waals surface area contributed by atoms with Crippen LogP contribution >= 0.6 is 15.6 Å². The molecule has 0 rings (SSSR count). The average Bonchev–Trinajstić information content (AvgIpc) is 0.916. The Labute approximate surface area is 665 Å². The number of rotatable bonds is 83. The molecule has 5 atom stereocenters. The van der Waals surface area contributed by atoms with Gasteiger partial charge in [-0.3, -0.25) is 32.5 Å². The molecule has 0 aliphatic rings. The molecule has 0 aliphatic carbocycles. The average molecular weight is 1570 g/mol. The molecular formula is C91H160O16P2. The van der Waals surface area contributed by atoms with Crippen LogP contribution in [0.2, 0.25) is 0 Å². The first-order chi connectivity index (χ1) is 53.2. The lowest BCUT2D eigenvalue weighted by atomic mass is 10.0. The first-order valence-electron chi connectivity index (χ1n) is 43.8. The Balaban J connectivity index is 4.43. The summed E-state index contributed by atoms with van der Waals surface area (Å²) in [5.74, 6) is -1.57. The van der Waals surface area contributed by atoms with Gasteiger partial charge in [-0.15, -0.1) is 0 Å². The zero-order chi connectivity index (χ0) is 79.4. The minimum absolute atomic E-state index is 0.0950. The number of carbonyl (C=O) groups excluding carboxylic acids is 3. The second-order valence-corrected chi connectivity index (χ2v) is 32.2. The highest BCUT2D eigenvalue weighted by Gasteiger charge is 2.29. The molecule has 0 amide bonds. The van der Waals surface area contributed by atoms with Crippen molar-refractivity contribution in [2.75, 3.05) is 39.6 Å². The van der Waals surface area contributed by atoms with Gasteiger partial charge in [0.1, 0.15) is 25.4 Å². The van der Waals surface area contributed by atoms with Gasteiger partial charge in [0.05, 0.1) is 26.4 Å². The number of phosphoric acid groups is 2. The van der Waals surface area contributed by atoms with E-state index >= 15 is 0 Å². The number of phosphoric ester groups is 2. The standard InChI is InChI=1S/C91H160O16P2/c1-4-7-10-13-16-19-22-25-27-29-31-33-35-37-39-41-42-44-46-47-49-51-53-55-57-60-62-65-68-71-74-77-89(94)101-80-86(92)81-103-108(97,98)104-82-87(93)83-105-109(99,100)106-85-88(107-91(96)79-76-73-70-67-64-59-24-21-18-15-12-9-6-3)84-102-90(95)78-75-72-69-66-63-61-58-56-54-52-50-48-45-43-40-38-36-34-32-30-28-26-23-20-17-14-11-8-5-2/h7,10,16-17,19-21,24-28,31-34,37-40,86-88,92-93H,4-6,8-9,11-15,18,22-23,29-30,35-36,41-85H2,1-3H3,(H,97,98)(H,99,100)/b10-7-,19-16-,20-17-,24-21-,27-25-,28-26-,33-31-,34-32-,39-37-,40-38-. The maximum atomic E-state index is 13.0. The number of ether oxygens (including phenoxy) is 3. The lowest BCUT2D eigenvalue weighted by molar-refractivity contribution is -0.161. The number of carbonyl (C=O) groups is 3. The van der Waals surface area contributed by atoms with Crippen LogP contribution in [0.4, 0.5) is 0 Å². The summed E-state index contributed by atoms with van der Waals surface area (Å²) in [6, 6.07) is 0. The van der Waals surface area contributed by atoms with Crippen molar-refractivity contribution in [3.63, 3.8) is 0 Å². The minimum Gasteiger partial charge on any atom is -0.463 e. The first-order valence-corrected chi connectivity index (χ1v) is 46.8. The van der Waals surface area contributed by atoms with Gasteiger partial charge in [-0.1, -0.05) is 348 Å². The van der Waals surface area contributed by atoms with E-state index in [9.17, 15) is 43.5 Å². The largest absolute Gasteiger partial charge is 0.472 e. The summed E-state index contributed by atoms with van der Waals surface area (Å²) >= 11 is 0. The van der Waals surface area contributed by atoms with Gasteiger partial charge in [0.25, 0.3) is 0 Å². The van der Waals surface area contributed by atoms with E-state index in [0.29, 0.717) is 19.3 Å². The highest BCUT2D eigenvalue weighted by molar-refractivity contribution is 7.47. The van der Waals surface area contributed by atoms with Crippen LogP contribution in [0.1, 0.15) is 380 Å². The van der Waals surface area contributed by atoms with E-state index in [4.69, 9.17) is 32.3 Å². The maximum Gasteiger partial charge on any atom is 0.472 e. The fourth-order valence-electron chi connectivity index (χ4n) is 12.0. The van der Waals surface area contributed by atoms with E-state index in [1.807, 2.05) is 0 Å². The highest BCUT2D eigenvalue weighted by Crippen LogP contribution is 2.45. The summed E-state index contributed by atoms with van der Waals surface area (Å²) in [4.78, 5) is 58.8. The predicted octanol–water partition coefficient (Wildman–Crippen LogP) is 26.4. The van der Waals surface area contributed by atoms with E-state index < -0.39 is 91.5 Å². The van der Waals surface area contributed by atoms with Crippen molar-refractivity contribution in [1.82, 2.24) is 0 Å². The van der Waals surface area contributed by atoms with Crippen LogP contribution in [0.5, 0.6) is 0 Å². The highest BCUT2D eigenvalue weighted by atomic mass is 31.2. The topological polar surface area (TPSA) is 231 Å². The summed E-state index contributed by atoms with van der Waals surface area (Å²) in [7, 11) is -9.79. The second kappa shape index (κ2) is 83.4. The number of esters is 3. The number of allylic oxidation sites excluding steroid dienone is 20. The molecule has 0 fully saturated rings. The smallest absolute Gasteiger partial charge is 0.463 e. The lowest BCUT2D eigenvalue weighted by Gasteiger charge is -2.21. The molecule has 0 saturated heterocycles. The van der Waals surface area contributed by atoms with Crippen LogP contribution in [0, 0.1) is 0 Å². The van der Waals surface area contributed by atoms with Gasteiger partial charge in [0.15, 0.2) is 6.10 Å². The van der Waals surface area contributed by atoms with Gasteiger partial charge in [0.2, 0.25) is 0 Å². The van der Waals surface area contributed by atoms with Gasteiger partial charge in [0, 0.05) is 19.3 Å². The van der Waals surface area contributed by atoms with Gasteiger partial charge in [-0.05, 0) is 135 Å². The number of aliphatic hydroxyl groups is 2. The third kappa shape index (κ3) is 84.7. The molecule has 0 radical (unpaired) electrons. The zero-order valence-electron chi connectivity index (χ0n) is 69.2.